The Hall–Kier alpha value is -2.05. The predicted molar refractivity (Wildman–Crippen MR) is 107 cm³/mol. The van der Waals surface area contributed by atoms with E-state index in [-0.39, 0.29) is 5.56 Å². The molecule has 29 heavy (non-hydrogen) atoms. The van der Waals surface area contributed by atoms with Gasteiger partial charge in [-0.3, -0.25) is 4.79 Å². The molecule has 1 aromatic rings. The molecule has 1 rings (SSSR count). The molecule has 1 N–H and O–H groups in total. The van der Waals surface area contributed by atoms with Gasteiger partial charge in [-0.25, -0.2) is 4.79 Å². The highest BCUT2D eigenvalue weighted by atomic mass is 19.4. The van der Waals surface area contributed by atoms with Gasteiger partial charge in [-0.2, -0.15) is 13.2 Å². The van der Waals surface area contributed by atoms with Gasteiger partial charge in [-0.1, -0.05) is 58.3 Å². The van der Waals surface area contributed by atoms with E-state index >= 15 is 0 Å². The second kappa shape index (κ2) is 13.2. The minimum atomic E-state index is -4.46. The van der Waals surface area contributed by atoms with Crippen LogP contribution in [-0.4, -0.2) is 24.5 Å². The molecular weight excluding hydrogens is 383 g/mol. The lowest BCUT2D eigenvalue weighted by Gasteiger charge is -2.14. The molecule has 1 atom stereocenters. The Balaban J connectivity index is 2.21. The zero-order chi connectivity index (χ0) is 21.7. The molecule has 0 aliphatic heterocycles. The second-order valence-corrected chi connectivity index (χ2v) is 7.27. The lowest BCUT2D eigenvalue weighted by atomic mass is 10.1. The number of amides is 1. The molecule has 7 heteroatoms. The quantitative estimate of drug-likeness (QED) is 0.322. The van der Waals surface area contributed by atoms with Crippen LogP contribution < -0.4 is 5.32 Å². The first-order chi connectivity index (χ1) is 13.8. The van der Waals surface area contributed by atoms with Crippen molar-refractivity contribution in [3.63, 3.8) is 0 Å². The SMILES string of the molecule is CCCCCCCCCCCOC(=O)[C@H](C)NC(=O)c1ccc(C(F)(F)F)cc1. The summed E-state index contributed by atoms with van der Waals surface area (Å²) < 4.78 is 42.8. The van der Waals surface area contributed by atoms with E-state index in [0.717, 1.165) is 43.5 Å². The molecule has 0 radical (unpaired) electrons. The van der Waals surface area contributed by atoms with Crippen LogP contribution in [0.5, 0.6) is 0 Å². The first-order valence-corrected chi connectivity index (χ1v) is 10.4. The highest BCUT2D eigenvalue weighted by Crippen LogP contribution is 2.29. The number of hydrogen-bond acceptors (Lipinski definition) is 3. The van der Waals surface area contributed by atoms with Crippen LogP contribution in [0, 0.1) is 0 Å². The molecule has 0 bridgehead atoms. The molecule has 0 saturated heterocycles. The van der Waals surface area contributed by atoms with E-state index in [0.29, 0.717) is 6.61 Å². The Kier molecular flexibility index (Phi) is 11.4. The number of alkyl halides is 3. The molecule has 0 aromatic heterocycles. The molecule has 0 aliphatic rings. The van der Waals surface area contributed by atoms with Crippen LogP contribution in [-0.2, 0) is 15.7 Å². The van der Waals surface area contributed by atoms with Gasteiger partial charge in [0.1, 0.15) is 6.04 Å². The van der Waals surface area contributed by atoms with E-state index in [9.17, 15) is 22.8 Å². The van der Waals surface area contributed by atoms with Gasteiger partial charge in [0, 0.05) is 5.56 Å². The van der Waals surface area contributed by atoms with Gasteiger partial charge in [0.25, 0.3) is 5.91 Å². The fraction of sp³-hybridized carbons (Fsp3) is 0.636. The second-order valence-electron chi connectivity index (χ2n) is 7.27. The van der Waals surface area contributed by atoms with Crippen molar-refractivity contribution < 1.29 is 27.5 Å². The van der Waals surface area contributed by atoms with Gasteiger partial charge in [-0.05, 0) is 37.6 Å². The summed E-state index contributed by atoms with van der Waals surface area (Å²) in [6.07, 6.45) is 5.98. The fourth-order valence-corrected chi connectivity index (χ4v) is 2.86. The van der Waals surface area contributed by atoms with Crippen LogP contribution in [0.2, 0.25) is 0 Å². The Morgan fingerprint density at radius 3 is 1.97 bits per heavy atom. The van der Waals surface area contributed by atoms with E-state index in [1.54, 1.807) is 0 Å². The van der Waals surface area contributed by atoms with Crippen LogP contribution in [0.3, 0.4) is 0 Å². The first kappa shape index (κ1) is 25.0. The summed E-state index contributed by atoms with van der Waals surface area (Å²) in [5.74, 6) is -1.17. The molecule has 164 valence electrons. The Morgan fingerprint density at radius 1 is 0.931 bits per heavy atom. The summed E-state index contributed by atoms with van der Waals surface area (Å²) in [5.41, 5.74) is -0.779. The standard InChI is InChI=1S/C22H32F3NO3/c1-3-4-5-6-7-8-9-10-11-16-29-21(28)17(2)26-20(27)18-12-14-19(15-13-18)22(23,24)25/h12-15,17H,3-11,16H2,1-2H3,(H,26,27)/t17-/m0/s1. The third kappa shape index (κ3) is 10.3. The minimum Gasteiger partial charge on any atom is -0.464 e. The average Bonchev–Trinajstić information content (AvgIpc) is 2.68. The number of carbonyl (C=O) groups is 2. The van der Waals surface area contributed by atoms with Crippen LogP contribution in [0.1, 0.15) is 87.6 Å². The normalized spacial score (nSPS) is 12.4. The van der Waals surface area contributed by atoms with Crippen molar-refractivity contribution in [2.75, 3.05) is 6.61 Å². The van der Waals surface area contributed by atoms with Crippen LogP contribution in [0.15, 0.2) is 24.3 Å². The van der Waals surface area contributed by atoms with Gasteiger partial charge >= 0.3 is 12.1 Å². The molecule has 1 amide bonds. The number of ether oxygens (including phenoxy) is 1. The third-order valence-electron chi connectivity index (χ3n) is 4.67. The van der Waals surface area contributed by atoms with Crippen molar-refractivity contribution in [1.82, 2.24) is 5.32 Å². The van der Waals surface area contributed by atoms with Crippen molar-refractivity contribution in [2.24, 2.45) is 0 Å². The zero-order valence-corrected chi connectivity index (χ0v) is 17.3. The third-order valence-corrected chi connectivity index (χ3v) is 4.67. The lowest BCUT2D eigenvalue weighted by molar-refractivity contribution is -0.145. The summed E-state index contributed by atoms with van der Waals surface area (Å²) >= 11 is 0. The maximum Gasteiger partial charge on any atom is 0.416 e. The van der Waals surface area contributed by atoms with Gasteiger partial charge < -0.3 is 10.1 Å². The molecular formula is C22H32F3NO3. The topological polar surface area (TPSA) is 55.4 Å². The van der Waals surface area contributed by atoms with Crippen molar-refractivity contribution in [1.29, 1.82) is 0 Å². The summed E-state index contributed by atoms with van der Waals surface area (Å²) in [4.78, 5) is 24.0. The number of rotatable bonds is 13. The number of esters is 1. The molecule has 0 spiro atoms. The summed E-state index contributed by atoms with van der Waals surface area (Å²) in [5, 5.41) is 2.44. The molecule has 0 saturated carbocycles. The highest BCUT2D eigenvalue weighted by Gasteiger charge is 2.30. The smallest absolute Gasteiger partial charge is 0.416 e. The van der Waals surface area contributed by atoms with Crippen molar-refractivity contribution in [3.05, 3.63) is 35.4 Å². The van der Waals surface area contributed by atoms with Crippen molar-refractivity contribution in [2.45, 2.75) is 83.9 Å². The van der Waals surface area contributed by atoms with Gasteiger partial charge in [0.2, 0.25) is 0 Å². The van der Waals surface area contributed by atoms with E-state index in [1.165, 1.54) is 45.4 Å². The maximum atomic E-state index is 12.6. The summed E-state index contributed by atoms with van der Waals surface area (Å²) in [6.45, 7) is 3.98. The molecule has 0 unspecified atom stereocenters. The molecule has 4 nitrogen and oxygen atoms in total. The average molecular weight is 415 g/mol. The fourth-order valence-electron chi connectivity index (χ4n) is 2.86. The van der Waals surface area contributed by atoms with Crippen LogP contribution >= 0.6 is 0 Å². The number of hydrogen-bond donors (Lipinski definition) is 1. The predicted octanol–water partition coefficient (Wildman–Crippen LogP) is 5.90. The number of unbranched alkanes of at least 4 members (excludes halogenated alkanes) is 8. The van der Waals surface area contributed by atoms with Crippen LogP contribution in [0.25, 0.3) is 0 Å². The number of nitrogens with one attached hydrogen (secondary N) is 1. The van der Waals surface area contributed by atoms with E-state index in [2.05, 4.69) is 12.2 Å². The van der Waals surface area contributed by atoms with Crippen molar-refractivity contribution >= 4 is 11.9 Å². The Bertz CT molecular complexity index is 615. The van der Waals surface area contributed by atoms with E-state index in [4.69, 9.17) is 4.74 Å². The minimum absolute atomic E-state index is 0.0524. The number of benzene rings is 1. The zero-order valence-electron chi connectivity index (χ0n) is 17.3. The van der Waals surface area contributed by atoms with Gasteiger partial charge in [0.15, 0.2) is 0 Å². The van der Waals surface area contributed by atoms with Crippen molar-refractivity contribution in [3.8, 4) is 0 Å². The maximum absolute atomic E-state index is 12.6. The Labute approximate surface area is 171 Å². The number of carbonyl (C=O) groups excluding carboxylic acids is 2. The molecule has 0 aliphatic carbocycles. The van der Waals surface area contributed by atoms with E-state index < -0.39 is 29.7 Å². The van der Waals surface area contributed by atoms with Gasteiger partial charge in [0.05, 0.1) is 12.2 Å². The largest absolute Gasteiger partial charge is 0.464 e. The molecule has 1 aromatic carbocycles. The monoisotopic (exact) mass is 415 g/mol. The summed E-state index contributed by atoms with van der Waals surface area (Å²) in [6, 6.07) is 2.96. The van der Waals surface area contributed by atoms with E-state index in [1.807, 2.05) is 0 Å². The molecule has 0 heterocycles. The van der Waals surface area contributed by atoms with Crippen LogP contribution in [0.4, 0.5) is 13.2 Å². The summed E-state index contributed by atoms with van der Waals surface area (Å²) in [7, 11) is 0. The first-order valence-electron chi connectivity index (χ1n) is 10.4. The number of halogens is 3. The lowest BCUT2D eigenvalue weighted by Crippen LogP contribution is -2.39. The highest BCUT2D eigenvalue weighted by molar-refractivity contribution is 5.96. The Morgan fingerprint density at radius 2 is 1.45 bits per heavy atom. The molecule has 0 fully saturated rings. The van der Waals surface area contributed by atoms with Gasteiger partial charge in [-0.15, -0.1) is 0 Å².